The number of hydrogen-bond donors (Lipinski definition) is 3. The van der Waals surface area contributed by atoms with Crippen molar-refractivity contribution in [3.63, 3.8) is 0 Å². The van der Waals surface area contributed by atoms with Crippen LogP contribution in [-0.2, 0) is 9.59 Å². The third-order valence-corrected chi connectivity index (χ3v) is 4.09. The van der Waals surface area contributed by atoms with Crippen molar-refractivity contribution in [3.05, 3.63) is 41.9 Å². The van der Waals surface area contributed by atoms with E-state index in [0.717, 1.165) is 0 Å². The van der Waals surface area contributed by atoms with Crippen LogP contribution >= 0.6 is 23.8 Å². The zero-order valence-corrected chi connectivity index (χ0v) is 14.6. The van der Waals surface area contributed by atoms with Gasteiger partial charge < -0.3 is 20.9 Å². The molecule has 1 saturated heterocycles. The van der Waals surface area contributed by atoms with Gasteiger partial charge in [-0.2, -0.15) is 0 Å². The molecule has 8 heteroatoms. The number of benzene rings is 1. The summed E-state index contributed by atoms with van der Waals surface area (Å²) in [6, 6.07) is 6.19. The average molecular weight is 367 g/mol. The van der Waals surface area contributed by atoms with Crippen molar-refractivity contribution in [2.24, 2.45) is 0 Å². The molecule has 0 unspecified atom stereocenters. The molecule has 1 fully saturated rings. The maximum absolute atomic E-state index is 12.3. The van der Waals surface area contributed by atoms with E-state index in [2.05, 4.69) is 22.5 Å². The molecule has 0 aromatic heterocycles. The second-order valence-corrected chi connectivity index (χ2v) is 6.06. The highest BCUT2D eigenvalue weighted by Gasteiger charge is 2.33. The van der Waals surface area contributed by atoms with E-state index in [1.807, 2.05) is 0 Å². The van der Waals surface area contributed by atoms with Gasteiger partial charge in [-0.25, -0.2) is 0 Å². The van der Waals surface area contributed by atoms with Crippen LogP contribution in [0.3, 0.4) is 0 Å². The van der Waals surface area contributed by atoms with E-state index in [9.17, 15) is 9.59 Å². The van der Waals surface area contributed by atoms with Gasteiger partial charge in [0.1, 0.15) is 6.04 Å². The number of rotatable bonds is 5. The van der Waals surface area contributed by atoms with Gasteiger partial charge in [-0.1, -0.05) is 23.7 Å². The Balaban J connectivity index is 2.02. The lowest BCUT2D eigenvalue weighted by Gasteiger charge is -2.36. The minimum Gasteiger partial charge on any atom is -0.359 e. The number of carbonyl (C=O) groups excluding carboxylic acids is 2. The molecule has 1 aromatic carbocycles. The summed E-state index contributed by atoms with van der Waals surface area (Å²) in [4.78, 5) is 26.2. The largest absolute Gasteiger partial charge is 0.359 e. The number of amides is 2. The second kappa shape index (κ2) is 8.65. The Morgan fingerprint density at radius 3 is 3.04 bits per heavy atom. The standard InChI is InChI=1S/C16H19ClN4O2S/c1-2-6-19-16(24)21-8-7-18-15(23)13(21)10-14(22)20-12-5-3-4-11(17)9-12/h2-5,9,13H,1,6-8,10H2,(H,18,23)(H,19,24)(H,20,22)/t13-/m1/s1. The zero-order valence-electron chi connectivity index (χ0n) is 13.0. The zero-order chi connectivity index (χ0) is 17.5. The van der Waals surface area contributed by atoms with E-state index < -0.39 is 6.04 Å². The molecule has 1 atom stereocenters. The summed E-state index contributed by atoms with van der Waals surface area (Å²) in [5.74, 6) is -0.499. The third kappa shape index (κ3) is 4.94. The summed E-state index contributed by atoms with van der Waals surface area (Å²) < 4.78 is 0. The topological polar surface area (TPSA) is 73.5 Å². The fourth-order valence-electron chi connectivity index (χ4n) is 2.38. The van der Waals surface area contributed by atoms with Crippen molar-refractivity contribution < 1.29 is 9.59 Å². The highest BCUT2D eigenvalue weighted by atomic mass is 35.5. The Hall–Kier alpha value is -2.12. The Labute approximate surface area is 151 Å². The van der Waals surface area contributed by atoms with Crippen molar-refractivity contribution in [2.45, 2.75) is 12.5 Å². The maximum atomic E-state index is 12.3. The van der Waals surface area contributed by atoms with Crippen molar-refractivity contribution in [3.8, 4) is 0 Å². The second-order valence-electron chi connectivity index (χ2n) is 5.24. The molecule has 3 N–H and O–H groups in total. The van der Waals surface area contributed by atoms with Crippen LogP contribution in [0, 0.1) is 0 Å². The molecule has 128 valence electrons. The average Bonchev–Trinajstić information content (AvgIpc) is 2.54. The minimum atomic E-state index is -0.650. The summed E-state index contributed by atoms with van der Waals surface area (Å²) in [6.45, 7) is 5.15. The van der Waals surface area contributed by atoms with E-state index in [-0.39, 0.29) is 18.2 Å². The lowest BCUT2D eigenvalue weighted by Crippen LogP contribution is -2.60. The summed E-state index contributed by atoms with van der Waals surface area (Å²) >= 11 is 11.2. The molecule has 2 rings (SSSR count). The van der Waals surface area contributed by atoms with Gasteiger partial charge >= 0.3 is 0 Å². The monoisotopic (exact) mass is 366 g/mol. The molecule has 1 aromatic rings. The molecule has 1 aliphatic rings. The fourth-order valence-corrected chi connectivity index (χ4v) is 2.87. The number of carbonyl (C=O) groups is 2. The van der Waals surface area contributed by atoms with Gasteiger partial charge in [0.25, 0.3) is 0 Å². The van der Waals surface area contributed by atoms with E-state index >= 15 is 0 Å². The third-order valence-electron chi connectivity index (χ3n) is 3.48. The Morgan fingerprint density at radius 2 is 2.33 bits per heavy atom. The van der Waals surface area contributed by atoms with E-state index in [1.165, 1.54) is 0 Å². The molecule has 0 aliphatic carbocycles. The molecule has 6 nitrogen and oxygen atoms in total. The van der Waals surface area contributed by atoms with Gasteiger partial charge in [-0.05, 0) is 30.4 Å². The Kier molecular flexibility index (Phi) is 6.57. The number of nitrogens with one attached hydrogen (secondary N) is 3. The van der Waals surface area contributed by atoms with Gasteiger partial charge in [-0.3, -0.25) is 9.59 Å². The van der Waals surface area contributed by atoms with Crippen LogP contribution in [0.1, 0.15) is 6.42 Å². The van der Waals surface area contributed by atoms with Crippen molar-refractivity contribution in [2.75, 3.05) is 25.0 Å². The smallest absolute Gasteiger partial charge is 0.243 e. The SMILES string of the molecule is C=CCNC(=S)N1CCNC(=O)[C@H]1CC(=O)Nc1cccc(Cl)c1. The number of hydrogen-bond acceptors (Lipinski definition) is 3. The van der Waals surface area contributed by atoms with E-state index in [4.69, 9.17) is 23.8 Å². The molecule has 24 heavy (non-hydrogen) atoms. The van der Waals surface area contributed by atoms with Crippen LogP contribution in [0.25, 0.3) is 0 Å². The Morgan fingerprint density at radius 1 is 1.54 bits per heavy atom. The molecule has 0 radical (unpaired) electrons. The quantitative estimate of drug-likeness (QED) is 0.544. The van der Waals surface area contributed by atoms with Crippen molar-refractivity contribution in [1.82, 2.24) is 15.5 Å². The molecule has 1 aliphatic heterocycles. The summed E-state index contributed by atoms with van der Waals surface area (Å²) in [6.07, 6.45) is 1.67. The first-order chi connectivity index (χ1) is 11.5. The summed E-state index contributed by atoms with van der Waals surface area (Å²) in [7, 11) is 0. The highest BCUT2D eigenvalue weighted by Crippen LogP contribution is 2.16. The van der Waals surface area contributed by atoms with Gasteiger partial charge in [0.2, 0.25) is 11.8 Å². The van der Waals surface area contributed by atoms with E-state index in [0.29, 0.717) is 35.5 Å². The van der Waals surface area contributed by atoms with Gasteiger partial charge in [0, 0.05) is 30.3 Å². The molecular weight excluding hydrogens is 348 g/mol. The number of piperazine rings is 1. The predicted molar refractivity (Wildman–Crippen MR) is 99.0 cm³/mol. The number of halogens is 1. The first-order valence-corrected chi connectivity index (χ1v) is 8.28. The normalized spacial score (nSPS) is 17.0. The first-order valence-electron chi connectivity index (χ1n) is 7.49. The van der Waals surface area contributed by atoms with Crippen LogP contribution < -0.4 is 16.0 Å². The lowest BCUT2D eigenvalue weighted by molar-refractivity contribution is -0.130. The summed E-state index contributed by atoms with van der Waals surface area (Å²) in [5, 5.41) is 9.46. The van der Waals surface area contributed by atoms with Crippen molar-refractivity contribution in [1.29, 1.82) is 0 Å². The van der Waals surface area contributed by atoms with Gasteiger partial charge in [0.05, 0.1) is 6.42 Å². The van der Waals surface area contributed by atoms with Gasteiger partial charge in [-0.15, -0.1) is 6.58 Å². The molecule has 0 saturated carbocycles. The van der Waals surface area contributed by atoms with Crippen LogP contribution in [0.2, 0.25) is 5.02 Å². The summed E-state index contributed by atoms with van der Waals surface area (Å²) in [5.41, 5.74) is 0.586. The van der Waals surface area contributed by atoms with Crippen LogP contribution in [-0.4, -0.2) is 47.5 Å². The van der Waals surface area contributed by atoms with E-state index in [1.54, 1.807) is 35.2 Å². The number of nitrogens with zero attached hydrogens (tertiary/aromatic N) is 1. The van der Waals surface area contributed by atoms with Crippen LogP contribution in [0.4, 0.5) is 5.69 Å². The highest BCUT2D eigenvalue weighted by molar-refractivity contribution is 7.80. The molecule has 1 heterocycles. The van der Waals surface area contributed by atoms with Crippen molar-refractivity contribution >= 4 is 46.4 Å². The van der Waals surface area contributed by atoms with Gasteiger partial charge in [0.15, 0.2) is 5.11 Å². The predicted octanol–water partition coefficient (Wildman–Crippen LogP) is 1.53. The lowest BCUT2D eigenvalue weighted by atomic mass is 10.1. The van der Waals surface area contributed by atoms with Crippen LogP contribution in [0.5, 0.6) is 0 Å². The van der Waals surface area contributed by atoms with Crippen LogP contribution in [0.15, 0.2) is 36.9 Å². The fraction of sp³-hybridized carbons (Fsp3) is 0.312. The molecule has 2 amide bonds. The number of anilines is 1. The Bertz CT molecular complexity index is 653. The maximum Gasteiger partial charge on any atom is 0.243 e. The minimum absolute atomic E-state index is 0.00570. The molecule has 0 spiro atoms. The molecule has 0 bridgehead atoms. The molecular formula is C16H19ClN4O2S. The number of thiocarbonyl (C=S) groups is 1. The first kappa shape index (κ1) is 18.2.